The molecule has 0 amide bonds. The number of rotatable bonds is 0. The number of alkyl halides is 1. The lowest BCUT2D eigenvalue weighted by atomic mass is 10.1. The highest BCUT2D eigenvalue weighted by molar-refractivity contribution is 6.24. The molecule has 1 N–H and O–H groups in total. The van der Waals surface area contributed by atoms with Crippen molar-refractivity contribution in [1.82, 2.24) is 4.98 Å². The number of H-pyrrole nitrogens is 1. The zero-order valence-corrected chi connectivity index (χ0v) is 8.07. The highest BCUT2D eigenvalue weighted by Crippen LogP contribution is 2.07. The maximum atomic E-state index is 6.02. The summed E-state index contributed by atoms with van der Waals surface area (Å²) in [5, 5.41) is 2.70. The van der Waals surface area contributed by atoms with Gasteiger partial charge >= 0.3 is 0 Å². The van der Waals surface area contributed by atoms with Crippen molar-refractivity contribution in [2.45, 2.75) is 25.6 Å². The smallest absolute Gasteiger partial charge is 0.0560 e. The Morgan fingerprint density at radius 1 is 1.50 bits per heavy atom. The maximum absolute atomic E-state index is 6.02. The molecule has 1 atom stereocenters. The molecule has 2 rings (SSSR count). The topological polar surface area (TPSA) is 15.8 Å². The van der Waals surface area contributed by atoms with E-state index in [0.717, 1.165) is 6.42 Å². The zero-order chi connectivity index (χ0) is 8.72. The first kappa shape index (κ1) is 7.93. The summed E-state index contributed by atoms with van der Waals surface area (Å²) in [5.41, 5.74) is 2.57. The fraction of sp³-hybridized carbons (Fsp3) is 0.400. The van der Waals surface area contributed by atoms with Crippen molar-refractivity contribution < 1.29 is 0 Å². The molecule has 0 radical (unpaired) electrons. The van der Waals surface area contributed by atoms with E-state index in [-0.39, 0.29) is 5.38 Å². The van der Waals surface area contributed by atoms with Gasteiger partial charge in [0.1, 0.15) is 0 Å². The summed E-state index contributed by atoms with van der Waals surface area (Å²) in [6, 6.07) is 0. The van der Waals surface area contributed by atoms with Crippen molar-refractivity contribution in [2.24, 2.45) is 0 Å². The van der Waals surface area contributed by atoms with E-state index in [1.807, 2.05) is 0 Å². The lowest BCUT2D eigenvalue weighted by Crippen LogP contribution is -2.28. The summed E-state index contributed by atoms with van der Waals surface area (Å²) >= 11 is 6.02. The molecule has 12 heavy (non-hydrogen) atoms. The van der Waals surface area contributed by atoms with Gasteiger partial charge in [-0.05, 0) is 31.1 Å². The predicted molar refractivity (Wildman–Crippen MR) is 52.7 cm³/mol. The normalized spacial score (nSPS) is 21.1. The van der Waals surface area contributed by atoms with Crippen LogP contribution in [0.25, 0.3) is 12.2 Å². The molecule has 0 fully saturated rings. The molecular formula is C10H12ClN. The van der Waals surface area contributed by atoms with Gasteiger partial charge in [0.15, 0.2) is 0 Å². The lowest BCUT2D eigenvalue weighted by molar-refractivity contribution is 1.10. The van der Waals surface area contributed by atoms with E-state index in [4.69, 9.17) is 11.6 Å². The van der Waals surface area contributed by atoms with Gasteiger partial charge in [-0.2, -0.15) is 0 Å². The highest BCUT2D eigenvalue weighted by Gasteiger charge is 2.07. The van der Waals surface area contributed by atoms with Gasteiger partial charge in [0.25, 0.3) is 0 Å². The second-order valence-electron chi connectivity index (χ2n) is 3.32. The Morgan fingerprint density at radius 2 is 2.25 bits per heavy atom. The van der Waals surface area contributed by atoms with E-state index < -0.39 is 0 Å². The summed E-state index contributed by atoms with van der Waals surface area (Å²) in [6.07, 6.45) is 5.25. The SMILES string of the molecule is Cc1[nH]c2c(c1C)=CC(Cl)CC=2. The van der Waals surface area contributed by atoms with Gasteiger partial charge in [-0.25, -0.2) is 0 Å². The molecule has 1 heterocycles. The Balaban J connectivity index is 2.80. The van der Waals surface area contributed by atoms with Crippen molar-refractivity contribution >= 4 is 23.8 Å². The quantitative estimate of drug-likeness (QED) is 0.579. The first-order valence-electron chi connectivity index (χ1n) is 4.20. The summed E-state index contributed by atoms with van der Waals surface area (Å²) in [6.45, 7) is 4.22. The van der Waals surface area contributed by atoms with Crippen LogP contribution in [0.1, 0.15) is 17.7 Å². The molecule has 1 aromatic heterocycles. The molecule has 0 spiro atoms. The summed E-state index contributed by atoms with van der Waals surface area (Å²) in [5.74, 6) is 0. The van der Waals surface area contributed by atoms with Gasteiger partial charge in [0.2, 0.25) is 0 Å². The monoisotopic (exact) mass is 181 g/mol. The average Bonchev–Trinajstić information content (AvgIpc) is 2.31. The number of hydrogen-bond acceptors (Lipinski definition) is 0. The minimum atomic E-state index is 0.173. The third-order valence-electron chi connectivity index (χ3n) is 2.47. The standard InChI is InChI=1S/C10H12ClN/c1-6-7(2)12-10-4-3-8(11)5-9(6)10/h4-5,8,12H,3H2,1-2H3. The number of aromatic nitrogens is 1. The Bertz CT molecular complexity index is 414. The molecule has 0 bridgehead atoms. The lowest BCUT2D eigenvalue weighted by Gasteiger charge is -2.02. The number of fused-ring (bicyclic) bond motifs is 1. The fourth-order valence-corrected chi connectivity index (χ4v) is 1.84. The predicted octanol–water partition coefficient (Wildman–Crippen LogP) is 1.20. The van der Waals surface area contributed by atoms with Crippen molar-refractivity contribution in [3.8, 4) is 0 Å². The van der Waals surface area contributed by atoms with E-state index in [1.165, 1.54) is 21.8 Å². The summed E-state index contributed by atoms with van der Waals surface area (Å²) < 4.78 is 0. The molecule has 0 saturated carbocycles. The Kier molecular flexibility index (Phi) is 1.76. The molecule has 0 saturated heterocycles. The van der Waals surface area contributed by atoms with Crippen LogP contribution in [0.2, 0.25) is 0 Å². The van der Waals surface area contributed by atoms with Crippen LogP contribution in [0.3, 0.4) is 0 Å². The van der Waals surface area contributed by atoms with Crippen LogP contribution in [-0.4, -0.2) is 10.4 Å². The van der Waals surface area contributed by atoms with E-state index in [9.17, 15) is 0 Å². The first-order valence-corrected chi connectivity index (χ1v) is 4.63. The molecule has 1 nitrogen and oxygen atoms in total. The largest absolute Gasteiger partial charge is 0.359 e. The highest BCUT2D eigenvalue weighted by atomic mass is 35.5. The number of aromatic amines is 1. The van der Waals surface area contributed by atoms with Gasteiger partial charge in [0, 0.05) is 11.0 Å². The van der Waals surface area contributed by atoms with Crippen molar-refractivity contribution in [3.05, 3.63) is 21.8 Å². The molecule has 1 aliphatic carbocycles. The van der Waals surface area contributed by atoms with E-state index in [1.54, 1.807) is 0 Å². The van der Waals surface area contributed by atoms with Crippen LogP contribution in [0.4, 0.5) is 0 Å². The number of nitrogens with one attached hydrogen (secondary N) is 1. The van der Waals surface area contributed by atoms with Gasteiger partial charge in [-0.15, -0.1) is 11.6 Å². The van der Waals surface area contributed by atoms with Gasteiger partial charge in [-0.1, -0.05) is 12.2 Å². The Morgan fingerprint density at radius 3 is 3.00 bits per heavy atom. The minimum Gasteiger partial charge on any atom is -0.359 e. The number of halogens is 1. The van der Waals surface area contributed by atoms with Gasteiger partial charge < -0.3 is 4.98 Å². The zero-order valence-electron chi connectivity index (χ0n) is 7.32. The van der Waals surface area contributed by atoms with Crippen LogP contribution in [0.5, 0.6) is 0 Å². The van der Waals surface area contributed by atoms with Crippen molar-refractivity contribution in [2.75, 3.05) is 0 Å². The minimum absolute atomic E-state index is 0.173. The number of aryl methyl sites for hydroxylation is 1. The van der Waals surface area contributed by atoms with Crippen LogP contribution in [0, 0.1) is 13.8 Å². The molecule has 1 aliphatic rings. The van der Waals surface area contributed by atoms with Crippen molar-refractivity contribution in [3.63, 3.8) is 0 Å². The van der Waals surface area contributed by atoms with E-state index >= 15 is 0 Å². The molecule has 1 aromatic rings. The van der Waals surface area contributed by atoms with E-state index in [0.29, 0.717) is 0 Å². The molecule has 2 heteroatoms. The van der Waals surface area contributed by atoms with Crippen LogP contribution < -0.4 is 10.6 Å². The van der Waals surface area contributed by atoms with Gasteiger partial charge in [0.05, 0.1) is 5.38 Å². The summed E-state index contributed by atoms with van der Waals surface area (Å²) in [7, 11) is 0. The molecule has 0 aliphatic heterocycles. The Labute approximate surface area is 76.7 Å². The summed E-state index contributed by atoms with van der Waals surface area (Å²) in [4.78, 5) is 3.34. The third-order valence-corrected chi connectivity index (χ3v) is 2.78. The second-order valence-corrected chi connectivity index (χ2v) is 3.89. The van der Waals surface area contributed by atoms with Crippen LogP contribution in [-0.2, 0) is 0 Å². The molecule has 0 aromatic carbocycles. The molecule has 64 valence electrons. The fourth-order valence-electron chi connectivity index (χ4n) is 1.62. The number of hydrogen-bond donors (Lipinski definition) is 1. The Hall–Kier alpha value is -0.690. The van der Waals surface area contributed by atoms with Crippen LogP contribution in [0.15, 0.2) is 0 Å². The molecule has 1 unspecified atom stereocenters. The first-order chi connectivity index (χ1) is 5.68. The van der Waals surface area contributed by atoms with E-state index in [2.05, 4.69) is 31.0 Å². The van der Waals surface area contributed by atoms with Crippen LogP contribution >= 0.6 is 11.6 Å². The van der Waals surface area contributed by atoms with Gasteiger partial charge in [-0.3, -0.25) is 0 Å². The molecular weight excluding hydrogens is 170 g/mol. The average molecular weight is 182 g/mol. The maximum Gasteiger partial charge on any atom is 0.0560 e. The van der Waals surface area contributed by atoms with Crippen molar-refractivity contribution in [1.29, 1.82) is 0 Å². The third kappa shape index (κ3) is 1.09. The second kappa shape index (κ2) is 2.67.